The van der Waals surface area contributed by atoms with Gasteiger partial charge >= 0.3 is 0 Å². The zero-order valence-corrected chi connectivity index (χ0v) is 17.8. The average Bonchev–Trinajstić information content (AvgIpc) is 3.14. The first-order valence-corrected chi connectivity index (χ1v) is 10.2. The van der Waals surface area contributed by atoms with Gasteiger partial charge in [0.25, 0.3) is 0 Å². The van der Waals surface area contributed by atoms with Crippen LogP contribution in [0.15, 0.2) is 33.8 Å². The zero-order valence-electron chi connectivity index (χ0n) is 17.8. The van der Waals surface area contributed by atoms with Gasteiger partial charge in [0, 0.05) is 31.2 Å². The van der Waals surface area contributed by atoms with Gasteiger partial charge in [-0.05, 0) is 37.0 Å². The Morgan fingerprint density at radius 2 is 2.11 bits per heavy atom. The highest BCUT2D eigenvalue weighted by molar-refractivity contribution is 5.79. The van der Waals surface area contributed by atoms with Crippen molar-refractivity contribution >= 4 is 11.6 Å². The Labute approximate surface area is 168 Å². The zero-order chi connectivity index (χ0) is 20.1. The topological polar surface area (TPSA) is 65.7 Å². The van der Waals surface area contributed by atoms with E-state index in [1.54, 1.807) is 0 Å². The lowest BCUT2D eigenvalue weighted by atomic mass is 9.94. The van der Waals surface area contributed by atoms with Crippen LogP contribution in [0.2, 0.25) is 0 Å². The lowest BCUT2D eigenvalue weighted by Crippen LogP contribution is -2.36. The first-order chi connectivity index (χ1) is 13.4. The maximum Gasteiger partial charge on any atom is 0.213 e. The summed E-state index contributed by atoms with van der Waals surface area (Å²) < 4.78 is 5.85. The molecule has 1 aromatic carbocycles. The molecule has 6 heteroatoms. The fourth-order valence-electron chi connectivity index (χ4n) is 3.35. The van der Waals surface area contributed by atoms with Crippen molar-refractivity contribution in [1.82, 2.24) is 15.6 Å². The third kappa shape index (κ3) is 5.06. The van der Waals surface area contributed by atoms with E-state index in [1.165, 1.54) is 23.2 Å². The molecular formula is C22H33N5O. The predicted molar refractivity (Wildman–Crippen MR) is 115 cm³/mol. The number of aromatic nitrogens is 1. The van der Waals surface area contributed by atoms with E-state index in [9.17, 15) is 0 Å². The molecule has 2 N–H and O–H groups in total. The summed E-state index contributed by atoms with van der Waals surface area (Å²) in [5.41, 5.74) is 3.97. The van der Waals surface area contributed by atoms with Crippen LogP contribution in [0.5, 0.6) is 0 Å². The lowest BCUT2D eigenvalue weighted by molar-refractivity contribution is 0.379. The van der Waals surface area contributed by atoms with Crippen LogP contribution in [0, 0.1) is 0 Å². The van der Waals surface area contributed by atoms with Crippen LogP contribution in [0.3, 0.4) is 0 Å². The van der Waals surface area contributed by atoms with E-state index in [-0.39, 0.29) is 5.41 Å². The molecule has 1 aromatic heterocycles. The van der Waals surface area contributed by atoms with E-state index >= 15 is 0 Å². The van der Waals surface area contributed by atoms with Gasteiger partial charge in [-0.3, -0.25) is 0 Å². The monoisotopic (exact) mass is 383 g/mol. The normalized spacial score (nSPS) is 14.8. The maximum atomic E-state index is 5.85. The number of hydrogen-bond acceptors (Lipinski definition) is 4. The molecule has 0 aliphatic carbocycles. The molecule has 1 aliphatic heterocycles. The molecule has 6 nitrogen and oxygen atoms in total. The lowest BCUT2D eigenvalue weighted by Gasteiger charge is -2.27. The van der Waals surface area contributed by atoms with Crippen molar-refractivity contribution in [2.75, 3.05) is 25.0 Å². The van der Waals surface area contributed by atoms with Crippen LogP contribution in [0.25, 0.3) is 0 Å². The number of guanidine groups is 1. The van der Waals surface area contributed by atoms with Crippen molar-refractivity contribution in [2.45, 2.75) is 59.0 Å². The van der Waals surface area contributed by atoms with Crippen LogP contribution in [-0.4, -0.2) is 31.1 Å². The summed E-state index contributed by atoms with van der Waals surface area (Å²) in [5.74, 6) is 2.34. The average molecular weight is 384 g/mol. The summed E-state index contributed by atoms with van der Waals surface area (Å²) in [6.07, 6.45) is 4.17. The quantitative estimate of drug-likeness (QED) is 0.610. The minimum Gasteiger partial charge on any atom is -0.443 e. The fourth-order valence-corrected chi connectivity index (χ4v) is 3.35. The van der Waals surface area contributed by atoms with E-state index < -0.39 is 0 Å². The number of anilines is 1. The Balaban J connectivity index is 1.63. The van der Waals surface area contributed by atoms with Crippen molar-refractivity contribution in [1.29, 1.82) is 0 Å². The van der Waals surface area contributed by atoms with E-state index in [0.29, 0.717) is 19.0 Å². The van der Waals surface area contributed by atoms with Gasteiger partial charge in [-0.1, -0.05) is 32.9 Å². The van der Waals surface area contributed by atoms with Gasteiger partial charge in [0.15, 0.2) is 5.96 Å². The molecule has 0 bridgehead atoms. The highest BCUT2D eigenvalue weighted by Gasteiger charge is 2.19. The van der Waals surface area contributed by atoms with Crippen molar-refractivity contribution in [3.05, 3.63) is 47.2 Å². The van der Waals surface area contributed by atoms with E-state index in [0.717, 1.165) is 31.2 Å². The van der Waals surface area contributed by atoms with Gasteiger partial charge in [0.1, 0.15) is 5.76 Å². The molecule has 2 heterocycles. The standard InChI is InChI=1S/C22H33N5O/c1-6-23-21(26-15-20-24-14-19(28-20)22(2,3)4)25-13-16-9-10-18-17(12-16)8-7-11-27(18)5/h9-10,12,14H,6-8,11,13,15H2,1-5H3,(H2,23,25,26). The molecule has 0 unspecified atom stereocenters. The Kier molecular flexibility index (Phi) is 6.27. The summed E-state index contributed by atoms with van der Waals surface area (Å²) in [7, 11) is 2.16. The SMILES string of the molecule is CCNC(=NCc1ccc2c(c1)CCCN2C)NCc1ncc(C(C)(C)C)o1. The van der Waals surface area contributed by atoms with Gasteiger partial charge in [-0.25, -0.2) is 9.98 Å². The molecular weight excluding hydrogens is 350 g/mol. The highest BCUT2D eigenvalue weighted by Crippen LogP contribution is 2.27. The van der Waals surface area contributed by atoms with Gasteiger partial charge in [-0.15, -0.1) is 0 Å². The van der Waals surface area contributed by atoms with E-state index in [4.69, 9.17) is 9.41 Å². The Morgan fingerprint density at radius 1 is 1.29 bits per heavy atom. The van der Waals surface area contributed by atoms with Crippen molar-refractivity contribution in [2.24, 2.45) is 4.99 Å². The smallest absolute Gasteiger partial charge is 0.213 e. The predicted octanol–water partition coefficient (Wildman–Crippen LogP) is 3.61. The summed E-state index contributed by atoms with van der Waals surface area (Å²) in [6, 6.07) is 6.69. The molecule has 0 atom stereocenters. The number of nitrogens with one attached hydrogen (secondary N) is 2. The summed E-state index contributed by atoms with van der Waals surface area (Å²) in [5, 5.41) is 6.61. The fraction of sp³-hybridized carbons (Fsp3) is 0.545. The number of nitrogens with zero attached hydrogens (tertiary/aromatic N) is 3. The Bertz CT molecular complexity index is 819. The van der Waals surface area contributed by atoms with Crippen LogP contribution >= 0.6 is 0 Å². The van der Waals surface area contributed by atoms with Crippen molar-refractivity contribution in [3.8, 4) is 0 Å². The third-order valence-electron chi connectivity index (χ3n) is 4.96. The van der Waals surface area contributed by atoms with Gasteiger partial charge < -0.3 is 20.0 Å². The Hall–Kier alpha value is -2.50. The van der Waals surface area contributed by atoms with E-state index in [1.807, 2.05) is 6.20 Å². The minimum atomic E-state index is -0.0373. The summed E-state index contributed by atoms with van der Waals surface area (Å²) >= 11 is 0. The maximum absolute atomic E-state index is 5.85. The number of aryl methyl sites for hydroxylation is 1. The van der Waals surface area contributed by atoms with Crippen molar-refractivity contribution in [3.63, 3.8) is 0 Å². The van der Waals surface area contributed by atoms with Gasteiger partial charge in [-0.2, -0.15) is 0 Å². The van der Waals surface area contributed by atoms with Gasteiger partial charge in [0.2, 0.25) is 5.89 Å². The van der Waals surface area contributed by atoms with Crippen molar-refractivity contribution < 1.29 is 4.42 Å². The summed E-state index contributed by atoms with van der Waals surface area (Å²) in [6.45, 7) is 11.5. The second-order valence-electron chi connectivity index (χ2n) is 8.41. The number of oxazole rings is 1. The number of rotatable bonds is 5. The molecule has 0 saturated carbocycles. The van der Waals surface area contributed by atoms with Crippen LogP contribution in [0.1, 0.15) is 56.9 Å². The molecule has 0 spiro atoms. The van der Waals surface area contributed by atoms with E-state index in [2.05, 4.69) is 73.5 Å². The van der Waals surface area contributed by atoms with Crippen LogP contribution in [-0.2, 0) is 24.9 Å². The number of fused-ring (bicyclic) bond motifs is 1. The largest absolute Gasteiger partial charge is 0.443 e. The number of benzene rings is 1. The molecule has 0 saturated heterocycles. The first-order valence-electron chi connectivity index (χ1n) is 10.2. The summed E-state index contributed by atoms with van der Waals surface area (Å²) in [4.78, 5) is 11.4. The molecule has 0 radical (unpaired) electrons. The third-order valence-corrected chi connectivity index (χ3v) is 4.96. The molecule has 0 fully saturated rings. The molecule has 3 rings (SSSR count). The van der Waals surface area contributed by atoms with Crippen LogP contribution < -0.4 is 15.5 Å². The minimum absolute atomic E-state index is 0.0373. The molecule has 2 aromatic rings. The van der Waals surface area contributed by atoms with Gasteiger partial charge in [0.05, 0.1) is 19.3 Å². The first kappa shape index (κ1) is 20.2. The van der Waals surface area contributed by atoms with Crippen LogP contribution in [0.4, 0.5) is 5.69 Å². The molecule has 1 aliphatic rings. The molecule has 0 amide bonds. The number of aliphatic imine (C=N–C) groups is 1. The second-order valence-corrected chi connectivity index (χ2v) is 8.41. The second kappa shape index (κ2) is 8.67. The molecule has 28 heavy (non-hydrogen) atoms. The highest BCUT2D eigenvalue weighted by atomic mass is 16.4. The number of hydrogen-bond donors (Lipinski definition) is 2. The Morgan fingerprint density at radius 3 is 2.82 bits per heavy atom. The molecule has 152 valence electrons.